The predicted octanol–water partition coefficient (Wildman–Crippen LogP) is 2.15. The number of para-hydroxylation sites is 1. The molecule has 1 aromatic carbocycles. The maximum absolute atomic E-state index is 11.1. The largest absolute Gasteiger partial charge is 0.476 e. The SMILES string of the molecule is O=C(O)c1nn(-c2ccccc2Cl)cc1CCCO. The number of carbonyl (C=O) groups is 1. The van der Waals surface area contributed by atoms with Gasteiger partial charge in [-0.05, 0) is 25.0 Å². The number of benzene rings is 1. The predicted molar refractivity (Wildman–Crippen MR) is 70.9 cm³/mol. The highest BCUT2D eigenvalue weighted by Crippen LogP contribution is 2.21. The van der Waals surface area contributed by atoms with Crippen LogP contribution in [0.4, 0.5) is 0 Å². The Hall–Kier alpha value is -1.85. The van der Waals surface area contributed by atoms with Crippen molar-refractivity contribution in [3.8, 4) is 5.69 Å². The van der Waals surface area contributed by atoms with Crippen LogP contribution in [0.1, 0.15) is 22.5 Å². The van der Waals surface area contributed by atoms with Gasteiger partial charge in [0.25, 0.3) is 0 Å². The number of hydrogen-bond acceptors (Lipinski definition) is 3. The Morgan fingerprint density at radius 3 is 2.74 bits per heavy atom. The van der Waals surface area contributed by atoms with Crippen LogP contribution in [0.15, 0.2) is 30.5 Å². The molecule has 0 fully saturated rings. The van der Waals surface area contributed by atoms with Crippen LogP contribution in [0.25, 0.3) is 5.69 Å². The van der Waals surface area contributed by atoms with Gasteiger partial charge >= 0.3 is 5.97 Å². The molecule has 100 valence electrons. The van der Waals surface area contributed by atoms with E-state index in [4.69, 9.17) is 21.8 Å². The summed E-state index contributed by atoms with van der Waals surface area (Å²) in [7, 11) is 0. The lowest BCUT2D eigenvalue weighted by Gasteiger charge is -2.02. The average Bonchev–Trinajstić information content (AvgIpc) is 2.81. The summed E-state index contributed by atoms with van der Waals surface area (Å²) in [6.45, 7) is 0.0103. The number of aromatic carboxylic acids is 1. The lowest BCUT2D eigenvalue weighted by atomic mass is 10.1. The number of aromatic nitrogens is 2. The van der Waals surface area contributed by atoms with Crippen LogP contribution in [-0.4, -0.2) is 32.6 Å². The molecule has 6 heteroatoms. The normalized spacial score (nSPS) is 10.6. The zero-order chi connectivity index (χ0) is 13.8. The summed E-state index contributed by atoms with van der Waals surface area (Å²) in [5.74, 6) is -1.08. The molecule has 0 saturated heterocycles. The fourth-order valence-corrected chi connectivity index (χ4v) is 2.03. The van der Waals surface area contributed by atoms with Gasteiger partial charge in [-0.2, -0.15) is 5.10 Å². The average molecular weight is 281 g/mol. The van der Waals surface area contributed by atoms with E-state index in [1.807, 2.05) is 0 Å². The van der Waals surface area contributed by atoms with Crippen molar-refractivity contribution in [3.05, 3.63) is 46.7 Å². The summed E-state index contributed by atoms with van der Waals surface area (Å²) in [5, 5.41) is 22.5. The Labute approximate surface area is 115 Å². The zero-order valence-electron chi connectivity index (χ0n) is 10.1. The number of halogens is 1. The molecule has 0 aliphatic carbocycles. The Bertz CT molecular complexity index is 595. The lowest BCUT2D eigenvalue weighted by molar-refractivity contribution is 0.0688. The third-order valence-corrected chi connectivity index (χ3v) is 3.02. The number of carboxylic acids is 1. The van der Waals surface area contributed by atoms with Crippen molar-refractivity contribution in [1.29, 1.82) is 0 Å². The Balaban J connectivity index is 2.43. The van der Waals surface area contributed by atoms with Gasteiger partial charge in [0.05, 0.1) is 10.7 Å². The third-order valence-electron chi connectivity index (χ3n) is 2.70. The van der Waals surface area contributed by atoms with Crippen molar-refractivity contribution in [1.82, 2.24) is 9.78 Å². The van der Waals surface area contributed by atoms with Gasteiger partial charge in [-0.15, -0.1) is 0 Å². The number of aliphatic hydroxyl groups excluding tert-OH is 1. The van der Waals surface area contributed by atoms with Gasteiger partial charge in [-0.3, -0.25) is 0 Å². The van der Waals surface area contributed by atoms with Crippen LogP contribution in [0, 0.1) is 0 Å². The topological polar surface area (TPSA) is 75.3 Å². The summed E-state index contributed by atoms with van der Waals surface area (Å²) in [4.78, 5) is 11.1. The molecule has 0 aliphatic rings. The first kappa shape index (κ1) is 13.6. The van der Waals surface area contributed by atoms with Gasteiger partial charge in [-0.1, -0.05) is 23.7 Å². The standard InChI is InChI=1S/C13H13ClN2O3/c14-10-5-1-2-6-11(10)16-8-9(4-3-7-17)12(15-16)13(18)19/h1-2,5-6,8,17H,3-4,7H2,(H,18,19). The van der Waals surface area contributed by atoms with Gasteiger partial charge in [-0.25, -0.2) is 9.48 Å². The summed E-state index contributed by atoms with van der Waals surface area (Å²) in [6, 6.07) is 7.07. The molecular weight excluding hydrogens is 268 g/mol. The molecule has 0 unspecified atom stereocenters. The minimum absolute atomic E-state index is 0.00614. The first-order chi connectivity index (χ1) is 9.13. The van der Waals surface area contributed by atoms with E-state index in [2.05, 4.69) is 5.10 Å². The molecule has 0 aliphatic heterocycles. The number of nitrogens with zero attached hydrogens (tertiary/aromatic N) is 2. The lowest BCUT2D eigenvalue weighted by Crippen LogP contribution is -2.03. The molecule has 2 N–H and O–H groups in total. The summed E-state index contributed by atoms with van der Waals surface area (Å²) in [5.41, 5.74) is 1.21. The van der Waals surface area contributed by atoms with E-state index in [-0.39, 0.29) is 12.3 Å². The smallest absolute Gasteiger partial charge is 0.356 e. The highest BCUT2D eigenvalue weighted by atomic mass is 35.5. The molecule has 5 nitrogen and oxygen atoms in total. The van der Waals surface area contributed by atoms with E-state index < -0.39 is 5.97 Å². The Kier molecular flexibility index (Phi) is 4.19. The minimum atomic E-state index is -1.08. The highest BCUT2D eigenvalue weighted by Gasteiger charge is 2.16. The highest BCUT2D eigenvalue weighted by molar-refractivity contribution is 6.32. The Morgan fingerprint density at radius 2 is 2.11 bits per heavy atom. The molecule has 2 aromatic rings. The third kappa shape index (κ3) is 2.94. The number of rotatable bonds is 5. The van der Waals surface area contributed by atoms with Crippen LogP contribution < -0.4 is 0 Å². The van der Waals surface area contributed by atoms with E-state index in [1.165, 1.54) is 4.68 Å². The van der Waals surface area contributed by atoms with Gasteiger partial charge < -0.3 is 10.2 Å². The second-order valence-electron chi connectivity index (χ2n) is 4.03. The second-order valence-corrected chi connectivity index (χ2v) is 4.44. The molecule has 0 saturated carbocycles. The van der Waals surface area contributed by atoms with Crippen molar-refractivity contribution < 1.29 is 15.0 Å². The van der Waals surface area contributed by atoms with E-state index >= 15 is 0 Å². The molecule has 1 heterocycles. The number of aryl methyl sites for hydroxylation is 1. The van der Waals surface area contributed by atoms with Crippen LogP contribution in [-0.2, 0) is 6.42 Å². The van der Waals surface area contributed by atoms with E-state index in [0.29, 0.717) is 29.1 Å². The van der Waals surface area contributed by atoms with Crippen LogP contribution in [0.3, 0.4) is 0 Å². The first-order valence-electron chi connectivity index (χ1n) is 5.81. The van der Waals surface area contributed by atoms with E-state index in [1.54, 1.807) is 30.5 Å². The molecular formula is C13H13ClN2O3. The van der Waals surface area contributed by atoms with Crippen LogP contribution >= 0.6 is 11.6 Å². The quantitative estimate of drug-likeness (QED) is 0.880. The van der Waals surface area contributed by atoms with Crippen molar-refractivity contribution in [2.75, 3.05) is 6.61 Å². The molecule has 0 spiro atoms. The number of hydrogen-bond donors (Lipinski definition) is 2. The van der Waals surface area contributed by atoms with E-state index in [0.717, 1.165) is 0 Å². The van der Waals surface area contributed by atoms with Crippen LogP contribution in [0.2, 0.25) is 5.02 Å². The molecule has 0 amide bonds. The van der Waals surface area contributed by atoms with Gasteiger partial charge in [0.15, 0.2) is 5.69 Å². The molecule has 0 atom stereocenters. The van der Waals surface area contributed by atoms with Crippen molar-refractivity contribution >= 4 is 17.6 Å². The van der Waals surface area contributed by atoms with Gasteiger partial charge in [0.2, 0.25) is 0 Å². The Morgan fingerprint density at radius 1 is 1.37 bits per heavy atom. The number of carboxylic acid groups (broad SMARTS) is 1. The maximum atomic E-state index is 11.1. The van der Waals surface area contributed by atoms with Crippen molar-refractivity contribution in [3.63, 3.8) is 0 Å². The monoisotopic (exact) mass is 280 g/mol. The van der Waals surface area contributed by atoms with Crippen LogP contribution in [0.5, 0.6) is 0 Å². The zero-order valence-corrected chi connectivity index (χ0v) is 10.8. The molecule has 0 bridgehead atoms. The van der Waals surface area contributed by atoms with Crippen molar-refractivity contribution in [2.24, 2.45) is 0 Å². The maximum Gasteiger partial charge on any atom is 0.356 e. The second kappa shape index (κ2) is 5.86. The fraction of sp³-hybridized carbons (Fsp3) is 0.231. The summed E-state index contributed by atoms with van der Waals surface area (Å²) < 4.78 is 1.46. The van der Waals surface area contributed by atoms with E-state index in [9.17, 15) is 4.79 Å². The molecule has 1 aromatic heterocycles. The fourth-order valence-electron chi connectivity index (χ4n) is 1.80. The van der Waals surface area contributed by atoms with Crippen molar-refractivity contribution in [2.45, 2.75) is 12.8 Å². The van der Waals surface area contributed by atoms with Gasteiger partial charge in [0, 0.05) is 18.4 Å². The molecule has 19 heavy (non-hydrogen) atoms. The summed E-state index contributed by atoms with van der Waals surface area (Å²) in [6.07, 6.45) is 2.59. The summed E-state index contributed by atoms with van der Waals surface area (Å²) >= 11 is 6.06. The minimum Gasteiger partial charge on any atom is -0.476 e. The molecule has 0 radical (unpaired) electrons. The molecule has 2 rings (SSSR count). The number of aliphatic hydroxyl groups is 1. The van der Waals surface area contributed by atoms with Gasteiger partial charge in [0.1, 0.15) is 0 Å². The first-order valence-corrected chi connectivity index (χ1v) is 6.19.